The van der Waals surface area contributed by atoms with Crippen LogP contribution in [0.25, 0.3) is 11.0 Å². The van der Waals surface area contributed by atoms with Gasteiger partial charge in [0.1, 0.15) is 12.4 Å². The second-order valence-electron chi connectivity index (χ2n) is 5.43. The van der Waals surface area contributed by atoms with Crippen molar-refractivity contribution in [2.45, 2.75) is 43.6 Å². The first-order valence-corrected chi connectivity index (χ1v) is 8.43. The number of benzene rings is 1. The van der Waals surface area contributed by atoms with E-state index in [0.29, 0.717) is 11.3 Å². The molecule has 1 aromatic carbocycles. The van der Waals surface area contributed by atoms with Crippen LogP contribution < -0.4 is 5.73 Å². The number of nitrogens with two attached hydrogens (primary N) is 1. The molecule has 20 heavy (non-hydrogen) atoms. The fraction of sp³-hybridized carbons (Fsp3) is 0.533. The minimum absolute atomic E-state index is 0.0216. The number of rotatable bonds is 3. The van der Waals surface area contributed by atoms with Crippen LogP contribution in [0, 0.1) is 0 Å². The van der Waals surface area contributed by atoms with E-state index in [0.717, 1.165) is 29.0 Å². The summed E-state index contributed by atoms with van der Waals surface area (Å²) in [4.78, 5) is 4.56. The van der Waals surface area contributed by atoms with Gasteiger partial charge in [-0.15, -0.1) is 0 Å². The minimum Gasteiger partial charge on any atom is -0.399 e. The van der Waals surface area contributed by atoms with E-state index in [-0.39, 0.29) is 6.61 Å². The summed E-state index contributed by atoms with van der Waals surface area (Å²) in [6, 6.07) is 6.26. The van der Waals surface area contributed by atoms with Crippen molar-refractivity contribution in [1.29, 1.82) is 0 Å². The maximum atomic E-state index is 9.66. The van der Waals surface area contributed by atoms with E-state index in [1.54, 1.807) is 0 Å². The Morgan fingerprint density at radius 1 is 1.40 bits per heavy atom. The maximum absolute atomic E-state index is 9.66. The molecule has 0 bridgehead atoms. The molecule has 1 aliphatic rings. The molecule has 1 saturated carbocycles. The van der Waals surface area contributed by atoms with E-state index >= 15 is 0 Å². The van der Waals surface area contributed by atoms with E-state index in [1.807, 2.05) is 30.0 Å². The summed E-state index contributed by atoms with van der Waals surface area (Å²) in [6.45, 7) is -0.0216. The van der Waals surface area contributed by atoms with Crippen molar-refractivity contribution in [3.8, 4) is 0 Å². The summed E-state index contributed by atoms with van der Waals surface area (Å²) >= 11 is 1.93. The molecule has 2 atom stereocenters. The standard InChI is InChI=1S/C15H21N3OS/c1-20-14-5-3-2-4-13(14)18-12-7-6-10(16)8-11(12)17-15(18)9-19/h6-8,13-14,19H,2-5,9,16H2,1H3. The quantitative estimate of drug-likeness (QED) is 0.853. The van der Waals surface area contributed by atoms with E-state index in [1.165, 1.54) is 19.3 Å². The van der Waals surface area contributed by atoms with Crippen LogP contribution in [-0.2, 0) is 6.61 Å². The molecule has 108 valence electrons. The molecule has 0 aliphatic heterocycles. The Morgan fingerprint density at radius 3 is 2.95 bits per heavy atom. The normalized spacial score (nSPS) is 23.3. The lowest BCUT2D eigenvalue weighted by Crippen LogP contribution is -2.26. The summed E-state index contributed by atoms with van der Waals surface area (Å²) in [5.74, 6) is 0.761. The number of nitrogen functional groups attached to an aromatic ring is 1. The second kappa shape index (κ2) is 5.66. The van der Waals surface area contributed by atoms with Crippen molar-refractivity contribution in [3.05, 3.63) is 24.0 Å². The third kappa shape index (κ3) is 2.29. The summed E-state index contributed by atoms with van der Waals surface area (Å²) in [6.07, 6.45) is 7.13. The first-order chi connectivity index (χ1) is 9.74. The number of aliphatic hydroxyl groups excluding tert-OH is 1. The van der Waals surface area contributed by atoms with Crippen LogP contribution in [0.1, 0.15) is 37.5 Å². The highest BCUT2D eigenvalue weighted by Gasteiger charge is 2.28. The molecule has 1 aliphatic carbocycles. The first kappa shape index (κ1) is 13.8. The average molecular weight is 291 g/mol. The van der Waals surface area contributed by atoms with Gasteiger partial charge in [0.25, 0.3) is 0 Å². The van der Waals surface area contributed by atoms with Crippen LogP contribution in [-0.4, -0.2) is 26.2 Å². The molecule has 4 nitrogen and oxygen atoms in total. The van der Waals surface area contributed by atoms with Crippen molar-refractivity contribution in [1.82, 2.24) is 9.55 Å². The lowest BCUT2D eigenvalue weighted by molar-refractivity contribution is 0.254. The monoisotopic (exact) mass is 291 g/mol. The Balaban J connectivity index is 2.13. The van der Waals surface area contributed by atoms with E-state index < -0.39 is 0 Å². The number of fused-ring (bicyclic) bond motifs is 1. The van der Waals surface area contributed by atoms with Gasteiger partial charge in [0.2, 0.25) is 0 Å². The molecule has 1 aromatic heterocycles. The molecular weight excluding hydrogens is 270 g/mol. The van der Waals surface area contributed by atoms with Crippen molar-refractivity contribution < 1.29 is 5.11 Å². The number of thioether (sulfide) groups is 1. The smallest absolute Gasteiger partial charge is 0.136 e. The predicted molar refractivity (Wildman–Crippen MR) is 84.9 cm³/mol. The Hall–Kier alpha value is -1.20. The summed E-state index contributed by atoms with van der Waals surface area (Å²) in [5.41, 5.74) is 8.54. The van der Waals surface area contributed by atoms with Crippen LogP contribution in [0.3, 0.4) is 0 Å². The molecule has 3 N–H and O–H groups in total. The van der Waals surface area contributed by atoms with Crippen LogP contribution in [0.5, 0.6) is 0 Å². The Labute approximate surface area is 123 Å². The third-order valence-corrected chi connectivity index (χ3v) is 5.39. The zero-order chi connectivity index (χ0) is 14.1. The molecule has 0 amide bonds. The second-order valence-corrected chi connectivity index (χ2v) is 6.51. The zero-order valence-corrected chi connectivity index (χ0v) is 12.6. The van der Waals surface area contributed by atoms with Gasteiger partial charge in [-0.3, -0.25) is 0 Å². The highest BCUT2D eigenvalue weighted by molar-refractivity contribution is 7.99. The Morgan fingerprint density at radius 2 is 2.20 bits per heavy atom. The van der Waals surface area contributed by atoms with Gasteiger partial charge in [0, 0.05) is 17.0 Å². The van der Waals surface area contributed by atoms with E-state index in [2.05, 4.69) is 15.8 Å². The summed E-state index contributed by atoms with van der Waals surface area (Å²) < 4.78 is 2.25. The summed E-state index contributed by atoms with van der Waals surface area (Å²) in [5, 5.41) is 10.3. The van der Waals surface area contributed by atoms with Gasteiger partial charge in [-0.2, -0.15) is 11.8 Å². The molecule has 0 radical (unpaired) electrons. The van der Waals surface area contributed by atoms with Crippen LogP contribution >= 0.6 is 11.8 Å². The number of hydrogen-bond donors (Lipinski definition) is 2. The number of hydrogen-bond acceptors (Lipinski definition) is 4. The highest BCUT2D eigenvalue weighted by Crippen LogP contribution is 2.38. The van der Waals surface area contributed by atoms with Crippen molar-refractivity contribution in [2.24, 2.45) is 0 Å². The first-order valence-electron chi connectivity index (χ1n) is 7.14. The number of imidazole rings is 1. The van der Waals surface area contributed by atoms with Gasteiger partial charge in [-0.25, -0.2) is 4.98 Å². The number of aliphatic hydroxyl groups is 1. The number of aromatic nitrogens is 2. The van der Waals surface area contributed by atoms with Gasteiger partial charge in [-0.1, -0.05) is 12.8 Å². The molecule has 1 fully saturated rings. The maximum Gasteiger partial charge on any atom is 0.136 e. The largest absolute Gasteiger partial charge is 0.399 e. The van der Waals surface area contributed by atoms with Gasteiger partial charge in [0.05, 0.1) is 11.0 Å². The Bertz CT molecular complexity index is 610. The molecule has 0 spiro atoms. The third-order valence-electron chi connectivity index (χ3n) is 4.23. The molecule has 2 aromatic rings. The van der Waals surface area contributed by atoms with E-state index in [4.69, 9.17) is 5.73 Å². The molecule has 1 heterocycles. The van der Waals surface area contributed by atoms with Crippen LogP contribution in [0.2, 0.25) is 0 Å². The SMILES string of the molecule is CSC1CCCCC1n1c(CO)nc2cc(N)ccc21. The lowest BCUT2D eigenvalue weighted by atomic mass is 9.94. The van der Waals surface area contributed by atoms with Crippen molar-refractivity contribution in [3.63, 3.8) is 0 Å². The fourth-order valence-corrected chi connectivity index (χ4v) is 4.27. The molecule has 5 heteroatoms. The molecule has 2 unspecified atom stereocenters. The minimum atomic E-state index is -0.0216. The van der Waals surface area contributed by atoms with Gasteiger partial charge < -0.3 is 15.4 Å². The van der Waals surface area contributed by atoms with Gasteiger partial charge >= 0.3 is 0 Å². The highest BCUT2D eigenvalue weighted by atomic mass is 32.2. The average Bonchev–Trinajstić information content (AvgIpc) is 2.84. The number of nitrogens with zero attached hydrogens (tertiary/aromatic N) is 2. The zero-order valence-electron chi connectivity index (χ0n) is 11.7. The lowest BCUT2D eigenvalue weighted by Gasteiger charge is -2.32. The van der Waals surface area contributed by atoms with Crippen molar-refractivity contribution >= 4 is 28.5 Å². The molecular formula is C15H21N3OS. The topological polar surface area (TPSA) is 64.1 Å². The van der Waals surface area contributed by atoms with E-state index in [9.17, 15) is 5.11 Å². The van der Waals surface area contributed by atoms with Gasteiger partial charge in [0.15, 0.2) is 0 Å². The Kier molecular flexibility index (Phi) is 3.89. The predicted octanol–water partition coefficient (Wildman–Crippen LogP) is 2.96. The van der Waals surface area contributed by atoms with Crippen LogP contribution in [0.15, 0.2) is 18.2 Å². The van der Waals surface area contributed by atoms with Gasteiger partial charge in [-0.05, 0) is 37.3 Å². The molecule has 3 rings (SSSR count). The summed E-state index contributed by atoms with van der Waals surface area (Å²) in [7, 11) is 0. The fourth-order valence-electron chi connectivity index (χ4n) is 3.29. The van der Waals surface area contributed by atoms with Crippen LogP contribution in [0.4, 0.5) is 5.69 Å². The number of anilines is 1. The molecule has 0 saturated heterocycles. The van der Waals surface area contributed by atoms with Crippen molar-refractivity contribution in [2.75, 3.05) is 12.0 Å².